The number of rotatable bonds is 8. The summed E-state index contributed by atoms with van der Waals surface area (Å²) in [7, 11) is 0. The molecule has 4 aromatic carbocycles. The van der Waals surface area contributed by atoms with Crippen molar-refractivity contribution in [1.82, 2.24) is 19.5 Å². The number of benzene rings is 4. The highest BCUT2D eigenvalue weighted by Crippen LogP contribution is 2.42. The molecule has 52 heavy (non-hydrogen) atoms. The summed E-state index contributed by atoms with van der Waals surface area (Å²) in [6.45, 7) is 2.36. The van der Waals surface area contributed by atoms with Crippen molar-refractivity contribution in [2.45, 2.75) is 56.0 Å². The molecule has 0 radical (unpaired) electrons. The number of nitriles is 1. The molecule has 2 aromatic heterocycles. The van der Waals surface area contributed by atoms with Gasteiger partial charge in [0.2, 0.25) is 0 Å². The number of nitrogens with zero attached hydrogens (tertiary/aromatic N) is 5. The van der Waals surface area contributed by atoms with Gasteiger partial charge in [-0.25, -0.2) is 9.97 Å². The van der Waals surface area contributed by atoms with Gasteiger partial charge >= 0.3 is 6.18 Å². The average molecular weight is 815 g/mol. The second-order valence-corrected chi connectivity index (χ2v) is 13.9. The smallest absolute Gasteiger partial charge is 0.384 e. The number of nitrogens with one attached hydrogen (secondary N) is 1. The minimum absolute atomic E-state index is 0.119. The first-order valence-corrected chi connectivity index (χ1v) is 18.1. The maximum absolute atomic E-state index is 13.3. The minimum atomic E-state index is -4.59. The van der Waals surface area contributed by atoms with Crippen LogP contribution in [0.2, 0.25) is 0 Å². The van der Waals surface area contributed by atoms with Gasteiger partial charge in [-0.3, -0.25) is 0 Å². The van der Waals surface area contributed by atoms with E-state index in [0.717, 1.165) is 22.6 Å². The van der Waals surface area contributed by atoms with Crippen LogP contribution >= 0.6 is 22.6 Å². The van der Waals surface area contributed by atoms with Gasteiger partial charge in [-0.05, 0) is 83.7 Å². The first-order chi connectivity index (χ1) is 25.1. The summed E-state index contributed by atoms with van der Waals surface area (Å²) in [5.41, 5.74) is 1.80. The zero-order valence-corrected chi connectivity index (χ0v) is 30.7. The van der Waals surface area contributed by atoms with E-state index in [1.54, 1.807) is 18.3 Å². The number of alkyl halides is 3. The van der Waals surface area contributed by atoms with Gasteiger partial charge in [-0.15, -0.1) is 0 Å². The second-order valence-electron chi connectivity index (χ2n) is 12.8. The first-order valence-electron chi connectivity index (χ1n) is 17.1. The molecule has 266 valence electrons. The van der Waals surface area contributed by atoms with Crippen LogP contribution in [0, 0.1) is 15.0 Å². The van der Waals surface area contributed by atoms with Crippen LogP contribution < -0.4 is 4.90 Å². The number of aliphatic hydroxyl groups is 1. The summed E-state index contributed by atoms with van der Waals surface area (Å²) in [4.78, 5) is 13.3. The standard InChI is InChI=1S/C22H17IN2.C19H21F3N4O/c23-21-16-25(17-24-21)22(18-10-4-1-5-11-18,19-12-6-2-7-13-19)20-14-8-3-9-15-20;1-2-26(14-6-5-13(10-23)16(8-14)19(20,21)22)15-4-3-7-18(27,9-15)17-11-24-12-25-17/h1-17H;5-6,8,11-12,15,27H,2-4,7,9H2,1H3,(H,24,25). The van der Waals surface area contributed by atoms with E-state index in [2.05, 4.69) is 139 Å². The molecule has 0 aliphatic heterocycles. The van der Waals surface area contributed by atoms with Crippen LogP contribution in [-0.4, -0.2) is 37.2 Å². The number of anilines is 1. The van der Waals surface area contributed by atoms with Crippen LogP contribution in [0.5, 0.6) is 0 Å². The van der Waals surface area contributed by atoms with Gasteiger partial charge in [0, 0.05) is 30.9 Å². The van der Waals surface area contributed by atoms with Crippen LogP contribution in [0.25, 0.3) is 0 Å². The number of hydrogen-bond acceptors (Lipinski definition) is 5. The Morgan fingerprint density at radius 2 is 1.56 bits per heavy atom. The van der Waals surface area contributed by atoms with E-state index in [-0.39, 0.29) is 11.6 Å². The molecule has 2 atom stereocenters. The molecule has 0 saturated heterocycles. The Hall–Kier alpha value is -4.93. The zero-order valence-electron chi connectivity index (χ0n) is 28.5. The second kappa shape index (κ2) is 15.8. The third-order valence-electron chi connectivity index (χ3n) is 9.76. The van der Waals surface area contributed by atoms with Gasteiger partial charge in [0.1, 0.15) is 14.8 Å². The SMILES string of the molecule is CCN(c1ccc(C#N)c(C(F)(F)F)c1)C1CCCC(O)(c2cnc[nH]2)C1.Ic1cn(C(c2ccccc2)(c2ccccc2)c2ccccc2)cn1. The lowest BCUT2D eigenvalue weighted by molar-refractivity contribution is -0.137. The molecular weight excluding hydrogens is 776 g/mol. The van der Waals surface area contributed by atoms with Crippen molar-refractivity contribution in [3.05, 3.63) is 171 Å². The minimum Gasteiger partial charge on any atom is -0.384 e. The lowest BCUT2D eigenvalue weighted by atomic mass is 9.77. The summed E-state index contributed by atoms with van der Waals surface area (Å²) in [6.07, 6.45) is 5.01. The molecular formula is C41H38F3IN6O. The average Bonchev–Trinajstić information content (AvgIpc) is 3.87. The molecule has 0 amide bonds. The third-order valence-corrected chi connectivity index (χ3v) is 10.3. The lowest BCUT2D eigenvalue weighted by Crippen LogP contribution is -2.45. The lowest BCUT2D eigenvalue weighted by Gasteiger charge is -2.42. The van der Waals surface area contributed by atoms with E-state index < -0.39 is 22.9 Å². The Morgan fingerprint density at radius 3 is 2.02 bits per heavy atom. The number of aromatic nitrogens is 4. The summed E-state index contributed by atoms with van der Waals surface area (Å²) >= 11 is 2.27. The number of halogens is 4. The number of H-pyrrole nitrogens is 1. The van der Waals surface area contributed by atoms with Crippen molar-refractivity contribution in [1.29, 1.82) is 5.26 Å². The number of imidazole rings is 2. The van der Waals surface area contributed by atoms with E-state index >= 15 is 0 Å². The quantitative estimate of drug-likeness (QED) is 0.118. The van der Waals surface area contributed by atoms with Gasteiger partial charge < -0.3 is 19.6 Å². The van der Waals surface area contributed by atoms with Crippen molar-refractivity contribution in [3.8, 4) is 6.07 Å². The van der Waals surface area contributed by atoms with E-state index in [0.29, 0.717) is 30.8 Å². The molecule has 1 aliphatic rings. The molecule has 1 fully saturated rings. The predicted octanol–water partition coefficient (Wildman–Crippen LogP) is 9.28. The monoisotopic (exact) mass is 814 g/mol. The summed E-state index contributed by atoms with van der Waals surface area (Å²) in [5, 5.41) is 20.0. The highest BCUT2D eigenvalue weighted by molar-refractivity contribution is 14.1. The Labute approximate surface area is 315 Å². The largest absolute Gasteiger partial charge is 0.417 e. The molecule has 1 aliphatic carbocycles. The van der Waals surface area contributed by atoms with Crippen molar-refractivity contribution in [2.75, 3.05) is 11.4 Å². The van der Waals surface area contributed by atoms with Gasteiger partial charge in [0.05, 0.1) is 41.7 Å². The number of aromatic amines is 1. The number of hydrogen-bond donors (Lipinski definition) is 2. The van der Waals surface area contributed by atoms with E-state index in [1.165, 1.54) is 29.1 Å². The highest BCUT2D eigenvalue weighted by Gasteiger charge is 2.41. The van der Waals surface area contributed by atoms with Crippen molar-refractivity contribution >= 4 is 28.3 Å². The Bertz CT molecular complexity index is 1990. The molecule has 6 aromatic rings. The summed E-state index contributed by atoms with van der Waals surface area (Å²) in [5.74, 6) is 0. The maximum Gasteiger partial charge on any atom is 0.417 e. The molecule has 0 bridgehead atoms. The van der Waals surface area contributed by atoms with Crippen LogP contribution in [0.4, 0.5) is 18.9 Å². The van der Waals surface area contributed by atoms with Gasteiger partial charge in [-0.1, -0.05) is 91.0 Å². The fourth-order valence-corrected chi connectivity index (χ4v) is 7.83. The Kier molecular flexibility index (Phi) is 11.2. The summed E-state index contributed by atoms with van der Waals surface area (Å²) in [6, 6.07) is 37.1. The molecule has 11 heteroatoms. The third kappa shape index (κ3) is 7.49. The molecule has 2 unspecified atom stereocenters. The fourth-order valence-electron chi connectivity index (χ4n) is 7.41. The molecule has 7 nitrogen and oxygen atoms in total. The van der Waals surface area contributed by atoms with Crippen LogP contribution in [0.1, 0.15) is 66.1 Å². The van der Waals surface area contributed by atoms with E-state index in [9.17, 15) is 18.3 Å². The van der Waals surface area contributed by atoms with E-state index in [1.807, 2.05) is 18.2 Å². The predicted molar refractivity (Wildman–Crippen MR) is 203 cm³/mol. The van der Waals surface area contributed by atoms with Crippen LogP contribution in [0.15, 0.2) is 134 Å². The molecule has 1 saturated carbocycles. The molecule has 2 heterocycles. The highest BCUT2D eigenvalue weighted by atomic mass is 127. The van der Waals surface area contributed by atoms with E-state index in [4.69, 9.17) is 5.26 Å². The van der Waals surface area contributed by atoms with Gasteiger partial charge in [0.15, 0.2) is 0 Å². The Balaban J connectivity index is 0.000000179. The topological polar surface area (TPSA) is 93.8 Å². The van der Waals surface area contributed by atoms with Crippen molar-refractivity contribution < 1.29 is 18.3 Å². The fraction of sp³-hybridized carbons (Fsp3) is 0.244. The van der Waals surface area contributed by atoms with Crippen molar-refractivity contribution in [3.63, 3.8) is 0 Å². The summed E-state index contributed by atoms with van der Waals surface area (Å²) < 4.78 is 43.1. The molecule has 7 rings (SSSR count). The van der Waals surface area contributed by atoms with Gasteiger partial charge in [-0.2, -0.15) is 18.4 Å². The zero-order chi connectivity index (χ0) is 36.8. The van der Waals surface area contributed by atoms with Gasteiger partial charge in [0.25, 0.3) is 0 Å². The first kappa shape index (κ1) is 36.8. The maximum atomic E-state index is 13.3. The Morgan fingerprint density at radius 1 is 0.962 bits per heavy atom. The molecule has 2 N–H and O–H groups in total. The van der Waals surface area contributed by atoms with Crippen LogP contribution in [-0.2, 0) is 17.3 Å². The normalized spacial score (nSPS) is 17.4. The van der Waals surface area contributed by atoms with Crippen LogP contribution in [0.3, 0.4) is 0 Å². The molecule has 0 spiro atoms. The van der Waals surface area contributed by atoms with Crippen molar-refractivity contribution in [2.24, 2.45) is 0 Å².